The summed E-state index contributed by atoms with van der Waals surface area (Å²) in [7, 11) is -2.74. The van der Waals surface area contributed by atoms with Gasteiger partial charge in [0.15, 0.2) is 0 Å². The Labute approximate surface area is 106 Å². The smallest absolute Gasteiger partial charge is 0.398 e. The van der Waals surface area contributed by atoms with Crippen LogP contribution in [0.1, 0.15) is 6.42 Å². The summed E-state index contributed by atoms with van der Waals surface area (Å²) in [6, 6.07) is 0. The number of halogens is 3. The van der Waals surface area contributed by atoms with E-state index in [0.29, 0.717) is 0 Å². The Hall–Kier alpha value is -1.22. The Balaban J connectivity index is 3.21. The molecule has 0 saturated carbocycles. The Kier molecular flexibility index (Phi) is 4.63. The molecule has 0 saturated heterocycles. The summed E-state index contributed by atoms with van der Waals surface area (Å²) in [5.74, 6) is -2.80. The van der Waals surface area contributed by atoms with Crippen molar-refractivity contribution in [1.82, 2.24) is 0 Å². The number of alkyl halides is 3. The summed E-state index contributed by atoms with van der Waals surface area (Å²) < 4.78 is 58.0. The van der Waals surface area contributed by atoms with Crippen LogP contribution in [0.15, 0.2) is 22.6 Å². The van der Waals surface area contributed by atoms with Gasteiger partial charge in [-0.05, 0) is 0 Å². The number of thioether (sulfide) groups is 1. The van der Waals surface area contributed by atoms with E-state index < -0.39 is 33.8 Å². The van der Waals surface area contributed by atoms with Crippen LogP contribution in [0.2, 0.25) is 0 Å². The maximum Gasteiger partial charge on any atom is 0.398 e. The number of hydrogen-bond acceptors (Lipinski definition) is 4. The molecule has 1 aliphatic carbocycles. The van der Waals surface area contributed by atoms with Gasteiger partial charge in [-0.1, -0.05) is 12.2 Å². The van der Waals surface area contributed by atoms with Crippen LogP contribution in [-0.2, 0) is 15.1 Å². The normalized spacial score (nSPS) is 16.1. The van der Waals surface area contributed by atoms with Crippen molar-refractivity contribution in [3.63, 3.8) is 0 Å². The van der Waals surface area contributed by atoms with Gasteiger partial charge >= 0.3 is 12.1 Å². The van der Waals surface area contributed by atoms with Crippen molar-refractivity contribution in [2.45, 2.75) is 12.6 Å². The molecule has 100 valence electrons. The van der Waals surface area contributed by atoms with Crippen LogP contribution in [0.3, 0.4) is 0 Å². The van der Waals surface area contributed by atoms with Crippen LogP contribution in [-0.4, -0.2) is 36.3 Å². The van der Waals surface area contributed by atoms with Gasteiger partial charge in [0.05, 0.1) is 16.2 Å². The lowest BCUT2D eigenvalue weighted by Gasteiger charge is -2.14. The Morgan fingerprint density at radius 1 is 1.44 bits per heavy atom. The SMILES string of the molecule is O=C(O)C1=C(SCC(F)(F)F)C(=S(=O)=O)CC=C1. The van der Waals surface area contributed by atoms with Crippen LogP contribution < -0.4 is 0 Å². The highest BCUT2D eigenvalue weighted by Gasteiger charge is 2.31. The van der Waals surface area contributed by atoms with Gasteiger partial charge in [0.1, 0.15) is 0 Å². The molecule has 0 aromatic carbocycles. The van der Waals surface area contributed by atoms with Gasteiger partial charge in [-0.3, -0.25) is 0 Å². The van der Waals surface area contributed by atoms with Crippen LogP contribution in [0.5, 0.6) is 0 Å². The number of aliphatic carboxylic acids is 1. The first-order valence-electron chi connectivity index (χ1n) is 4.51. The zero-order valence-corrected chi connectivity index (χ0v) is 10.3. The van der Waals surface area contributed by atoms with Crippen molar-refractivity contribution in [1.29, 1.82) is 0 Å². The third kappa shape index (κ3) is 3.91. The van der Waals surface area contributed by atoms with E-state index in [1.165, 1.54) is 6.08 Å². The van der Waals surface area contributed by atoms with Crippen molar-refractivity contribution >= 4 is 32.9 Å². The van der Waals surface area contributed by atoms with E-state index in [1.54, 1.807) is 0 Å². The molecule has 18 heavy (non-hydrogen) atoms. The fourth-order valence-electron chi connectivity index (χ4n) is 1.23. The predicted molar refractivity (Wildman–Crippen MR) is 60.9 cm³/mol. The number of hydrogen-bond donors (Lipinski definition) is 1. The minimum Gasteiger partial charge on any atom is -0.478 e. The van der Waals surface area contributed by atoms with Crippen LogP contribution in [0.25, 0.3) is 0 Å². The van der Waals surface area contributed by atoms with Gasteiger partial charge in [-0.2, -0.15) is 21.6 Å². The molecule has 1 rings (SSSR count). The molecule has 4 nitrogen and oxygen atoms in total. The highest BCUT2D eigenvalue weighted by Crippen LogP contribution is 2.32. The summed E-state index contributed by atoms with van der Waals surface area (Å²) in [5, 5.41) is 8.82. The fraction of sp³-hybridized carbons (Fsp3) is 0.333. The van der Waals surface area contributed by atoms with Gasteiger partial charge in [0.25, 0.3) is 0 Å². The quantitative estimate of drug-likeness (QED) is 0.802. The van der Waals surface area contributed by atoms with E-state index in [-0.39, 0.29) is 28.0 Å². The van der Waals surface area contributed by atoms with Crippen molar-refractivity contribution in [3.8, 4) is 0 Å². The van der Waals surface area contributed by atoms with Gasteiger partial charge in [-0.25, -0.2) is 4.79 Å². The van der Waals surface area contributed by atoms with Crippen molar-refractivity contribution < 1.29 is 31.5 Å². The van der Waals surface area contributed by atoms with E-state index in [9.17, 15) is 26.4 Å². The standard InChI is InChI=1S/C9H7F3O4S2/c10-9(11,12)4-17-7-5(8(13)14)2-1-3-6(7)18(15)16/h1-2H,3-4H2,(H,13,14). The molecule has 1 aliphatic rings. The Bertz CT molecular complexity index is 547. The predicted octanol–water partition coefficient (Wildman–Crippen LogP) is 1.63. The molecule has 0 aliphatic heterocycles. The third-order valence-electron chi connectivity index (χ3n) is 1.90. The van der Waals surface area contributed by atoms with Crippen LogP contribution in [0.4, 0.5) is 13.2 Å². The molecular weight excluding hydrogens is 293 g/mol. The molecule has 0 unspecified atom stereocenters. The van der Waals surface area contributed by atoms with Gasteiger partial charge < -0.3 is 5.11 Å². The molecule has 0 atom stereocenters. The van der Waals surface area contributed by atoms with Crippen molar-refractivity contribution in [2.24, 2.45) is 0 Å². The minimum atomic E-state index is -4.50. The molecular formula is C9H7F3O4S2. The molecule has 0 aromatic heterocycles. The molecule has 1 N–H and O–H groups in total. The monoisotopic (exact) mass is 300 g/mol. The van der Waals surface area contributed by atoms with E-state index in [2.05, 4.69) is 0 Å². The first-order chi connectivity index (χ1) is 8.22. The van der Waals surface area contributed by atoms with Crippen molar-refractivity contribution in [3.05, 3.63) is 22.6 Å². The van der Waals surface area contributed by atoms with E-state index in [4.69, 9.17) is 5.11 Å². The van der Waals surface area contributed by atoms with Crippen LogP contribution in [0, 0.1) is 0 Å². The average Bonchev–Trinajstić information content (AvgIpc) is 2.24. The number of allylic oxidation sites excluding steroid dienone is 2. The lowest BCUT2D eigenvalue weighted by atomic mass is 10.1. The summed E-state index contributed by atoms with van der Waals surface area (Å²) in [6.07, 6.45) is -2.21. The number of carbonyl (C=O) groups is 1. The van der Waals surface area contributed by atoms with E-state index in [0.717, 1.165) is 6.08 Å². The summed E-state index contributed by atoms with van der Waals surface area (Å²) in [6.45, 7) is 0. The number of carboxylic acids is 1. The number of rotatable bonds is 3. The molecule has 0 aromatic rings. The Morgan fingerprint density at radius 3 is 2.50 bits per heavy atom. The van der Waals surface area contributed by atoms with E-state index in [1.807, 2.05) is 0 Å². The van der Waals surface area contributed by atoms with Crippen LogP contribution >= 0.6 is 11.8 Å². The lowest BCUT2D eigenvalue weighted by molar-refractivity contribution is -0.132. The van der Waals surface area contributed by atoms with Gasteiger partial charge in [0, 0.05) is 11.3 Å². The molecule has 0 amide bonds. The number of carboxylic acid groups (broad SMARTS) is 1. The molecule has 0 spiro atoms. The largest absolute Gasteiger partial charge is 0.478 e. The topological polar surface area (TPSA) is 71.4 Å². The summed E-state index contributed by atoms with van der Waals surface area (Å²) in [4.78, 5) is 10.2. The zero-order valence-electron chi connectivity index (χ0n) is 8.69. The lowest BCUT2D eigenvalue weighted by Crippen LogP contribution is -2.17. The molecule has 0 radical (unpaired) electrons. The second kappa shape index (κ2) is 5.61. The van der Waals surface area contributed by atoms with Crippen molar-refractivity contribution in [2.75, 3.05) is 5.75 Å². The second-order valence-electron chi connectivity index (χ2n) is 3.22. The zero-order chi connectivity index (χ0) is 13.9. The Morgan fingerprint density at radius 2 is 2.06 bits per heavy atom. The second-order valence-corrected chi connectivity index (χ2v) is 5.16. The fourth-order valence-corrected chi connectivity index (χ4v) is 2.96. The first-order valence-corrected chi connectivity index (χ1v) is 6.57. The van der Waals surface area contributed by atoms with E-state index >= 15 is 0 Å². The van der Waals surface area contributed by atoms with Gasteiger partial charge in [-0.15, -0.1) is 11.8 Å². The third-order valence-corrected chi connectivity index (χ3v) is 4.03. The maximum atomic E-state index is 12.1. The summed E-state index contributed by atoms with van der Waals surface area (Å²) >= 11 is 0.170. The molecule has 0 heterocycles. The molecule has 0 bridgehead atoms. The molecule has 0 fully saturated rings. The molecule has 9 heteroatoms. The van der Waals surface area contributed by atoms with Gasteiger partial charge in [0.2, 0.25) is 10.3 Å². The average molecular weight is 300 g/mol. The maximum absolute atomic E-state index is 12.1. The highest BCUT2D eigenvalue weighted by molar-refractivity contribution is 8.05. The summed E-state index contributed by atoms with van der Waals surface area (Å²) in [5.41, 5.74) is -0.435. The highest BCUT2D eigenvalue weighted by atomic mass is 32.2. The minimum absolute atomic E-state index is 0.104. The first kappa shape index (κ1) is 14.8.